The van der Waals surface area contributed by atoms with E-state index in [-0.39, 0.29) is 11.6 Å². The first-order valence-corrected chi connectivity index (χ1v) is 6.80. The van der Waals surface area contributed by atoms with E-state index in [2.05, 4.69) is 15.0 Å². The molecule has 1 heterocycles. The van der Waals surface area contributed by atoms with Gasteiger partial charge in [-0.15, -0.1) is 0 Å². The number of nitrogens with zero attached hydrogens (tertiary/aromatic N) is 1. The fraction of sp³-hybridized carbons (Fsp3) is 0.0714. The van der Waals surface area contributed by atoms with Crippen LogP contribution in [0.5, 0.6) is 5.75 Å². The van der Waals surface area contributed by atoms with Crippen LogP contribution >= 0.6 is 11.3 Å². The molecule has 21 heavy (non-hydrogen) atoms. The molecule has 0 spiro atoms. The molecule has 108 valence electrons. The highest BCUT2D eigenvalue weighted by molar-refractivity contribution is 7.22. The molecule has 3 rings (SSSR count). The van der Waals surface area contributed by atoms with E-state index in [1.807, 2.05) is 0 Å². The lowest BCUT2D eigenvalue weighted by Gasteiger charge is -2.06. The maximum absolute atomic E-state index is 13.1. The normalized spacial score (nSPS) is 11.0. The highest BCUT2D eigenvalue weighted by Gasteiger charge is 2.06. The van der Waals surface area contributed by atoms with Crippen LogP contribution < -0.4 is 10.1 Å². The summed E-state index contributed by atoms with van der Waals surface area (Å²) in [6.07, 6.45) is 0. The number of benzene rings is 2. The average Bonchev–Trinajstić information content (AvgIpc) is 2.82. The molecule has 2 aromatic carbocycles. The standard InChI is InChI=1S/C14H9F3N2OS/c15-8-1-6-12-11(7-8)19-14(21-12)18-9-2-4-10(5-3-9)20-13(16)17/h1-7,13H,(H,18,19). The number of nitrogens with one attached hydrogen (secondary N) is 1. The van der Waals surface area contributed by atoms with Crippen molar-refractivity contribution < 1.29 is 17.9 Å². The van der Waals surface area contributed by atoms with E-state index in [1.165, 1.54) is 35.6 Å². The Kier molecular flexibility index (Phi) is 3.66. The van der Waals surface area contributed by atoms with E-state index in [1.54, 1.807) is 18.2 Å². The fourth-order valence-electron chi connectivity index (χ4n) is 1.80. The number of hydrogen-bond donors (Lipinski definition) is 1. The number of alkyl halides is 2. The van der Waals surface area contributed by atoms with Crippen molar-refractivity contribution in [2.75, 3.05) is 5.32 Å². The zero-order valence-corrected chi connectivity index (χ0v) is 11.3. The number of anilines is 2. The molecule has 0 saturated carbocycles. The smallest absolute Gasteiger partial charge is 0.387 e. The number of fused-ring (bicyclic) bond motifs is 1. The van der Waals surface area contributed by atoms with Crippen LogP contribution in [0.2, 0.25) is 0 Å². The molecule has 0 aliphatic carbocycles. The summed E-state index contributed by atoms with van der Waals surface area (Å²) in [7, 11) is 0. The van der Waals surface area contributed by atoms with Gasteiger partial charge in [0.25, 0.3) is 0 Å². The van der Waals surface area contributed by atoms with Crippen LogP contribution in [0, 0.1) is 5.82 Å². The summed E-state index contributed by atoms with van der Waals surface area (Å²) in [5.41, 5.74) is 1.25. The quantitative estimate of drug-likeness (QED) is 0.753. The van der Waals surface area contributed by atoms with Crippen LogP contribution in [0.4, 0.5) is 24.0 Å². The van der Waals surface area contributed by atoms with Crippen LogP contribution in [0.3, 0.4) is 0 Å². The Morgan fingerprint density at radius 1 is 1.10 bits per heavy atom. The zero-order valence-electron chi connectivity index (χ0n) is 10.5. The van der Waals surface area contributed by atoms with Gasteiger partial charge < -0.3 is 10.1 Å². The highest BCUT2D eigenvalue weighted by atomic mass is 32.1. The highest BCUT2D eigenvalue weighted by Crippen LogP contribution is 2.29. The van der Waals surface area contributed by atoms with Crippen molar-refractivity contribution in [3.63, 3.8) is 0 Å². The molecule has 0 aliphatic rings. The second-order valence-electron chi connectivity index (χ2n) is 4.16. The van der Waals surface area contributed by atoms with Crippen LogP contribution in [0.1, 0.15) is 0 Å². The minimum atomic E-state index is -2.84. The van der Waals surface area contributed by atoms with Gasteiger partial charge in [0, 0.05) is 11.8 Å². The summed E-state index contributed by atoms with van der Waals surface area (Å²) < 4.78 is 42.3. The van der Waals surface area contributed by atoms with E-state index in [0.717, 1.165) is 4.70 Å². The first kappa shape index (κ1) is 13.7. The maximum atomic E-state index is 13.1. The largest absolute Gasteiger partial charge is 0.435 e. The Bertz CT molecular complexity index is 759. The van der Waals surface area contributed by atoms with Crippen LogP contribution in [0.25, 0.3) is 10.2 Å². The Hall–Kier alpha value is -2.28. The van der Waals surface area contributed by atoms with E-state index in [0.29, 0.717) is 16.3 Å². The number of thiazole rings is 1. The van der Waals surface area contributed by atoms with Gasteiger partial charge in [0.2, 0.25) is 0 Å². The summed E-state index contributed by atoms with van der Waals surface area (Å²) in [5, 5.41) is 3.63. The summed E-state index contributed by atoms with van der Waals surface area (Å²) in [5.74, 6) is -0.255. The molecule has 1 aromatic heterocycles. The molecule has 0 amide bonds. The number of rotatable bonds is 4. The van der Waals surface area contributed by atoms with Crippen molar-refractivity contribution in [2.24, 2.45) is 0 Å². The monoisotopic (exact) mass is 310 g/mol. The summed E-state index contributed by atoms with van der Waals surface area (Å²) in [4.78, 5) is 4.26. The third-order valence-corrected chi connectivity index (χ3v) is 3.63. The molecular formula is C14H9F3N2OS. The van der Waals surface area contributed by atoms with Crippen molar-refractivity contribution in [3.8, 4) is 5.75 Å². The molecule has 1 N–H and O–H groups in total. The summed E-state index contributed by atoms with van der Waals surface area (Å²) in [6.45, 7) is -2.84. The van der Waals surface area contributed by atoms with Gasteiger partial charge in [0.05, 0.1) is 10.2 Å². The minimum Gasteiger partial charge on any atom is -0.435 e. The summed E-state index contributed by atoms with van der Waals surface area (Å²) >= 11 is 1.38. The number of ether oxygens (including phenoxy) is 1. The molecule has 0 saturated heterocycles. The average molecular weight is 310 g/mol. The topological polar surface area (TPSA) is 34.1 Å². The zero-order chi connectivity index (χ0) is 14.8. The number of aromatic nitrogens is 1. The third-order valence-electron chi connectivity index (χ3n) is 2.68. The maximum Gasteiger partial charge on any atom is 0.387 e. The first-order valence-electron chi connectivity index (χ1n) is 5.98. The lowest BCUT2D eigenvalue weighted by Crippen LogP contribution is -2.01. The number of hydrogen-bond acceptors (Lipinski definition) is 4. The number of halogens is 3. The van der Waals surface area contributed by atoms with Crippen molar-refractivity contribution in [2.45, 2.75) is 6.61 Å². The third kappa shape index (κ3) is 3.25. The van der Waals surface area contributed by atoms with E-state index in [4.69, 9.17) is 0 Å². The lowest BCUT2D eigenvalue weighted by atomic mass is 10.3. The molecule has 0 aliphatic heterocycles. The molecule has 0 unspecified atom stereocenters. The van der Waals surface area contributed by atoms with Gasteiger partial charge in [-0.1, -0.05) is 11.3 Å². The predicted octanol–water partition coefficient (Wildman–Crippen LogP) is 4.78. The van der Waals surface area contributed by atoms with Gasteiger partial charge in [0.1, 0.15) is 11.6 Å². The van der Waals surface area contributed by atoms with Gasteiger partial charge >= 0.3 is 6.61 Å². The van der Waals surface area contributed by atoms with Crippen LogP contribution in [-0.4, -0.2) is 11.6 Å². The Balaban J connectivity index is 1.78. The van der Waals surface area contributed by atoms with E-state index >= 15 is 0 Å². The Labute approximate surface area is 122 Å². The molecule has 7 heteroatoms. The minimum absolute atomic E-state index is 0.0851. The Morgan fingerprint density at radius 2 is 1.86 bits per heavy atom. The summed E-state index contributed by atoms with van der Waals surface area (Å²) in [6, 6.07) is 10.5. The van der Waals surface area contributed by atoms with E-state index < -0.39 is 6.61 Å². The molecular weight excluding hydrogens is 301 g/mol. The molecule has 0 fully saturated rings. The predicted molar refractivity (Wildman–Crippen MR) is 75.9 cm³/mol. The molecule has 0 atom stereocenters. The van der Waals surface area contributed by atoms with Gasteiger partial charge in [0.15, 0.2) is 5.13 Å². The van der Waals surface area contributed by atoms with Crippen LogP contribution in [0.15, 0.2) is 42.5 Å². The second kappa shape index (κ2) is 5.61. The van der Waals surface area contributed by atoms with Crippen LogP contribution in [-0.2, 0) is 0 Å². The van der Waals surface area contributed by atoms with Gasteiger partial charge in [-0.2, -0.15) is 8.78 Å². The van der Waals surface area contributed by atoms with Crippen molar-refractivity contribution in [1.29, 1.82) is 0 Å². The lowest BCUT2D eigenvalue weighted by molar-refractivity contribution is -0.0498. The first-order chi connectivity index (χ1) is 10.1. The molecule has 3 nitrogen and oxygen atoms in total. The van der Waals surface area contributed by atoms with Gasteiger partial charge in [-0.3, -0.25) is 0 Å². The SMILES string of the molecule is Fc1ccc2sc(Nc3ccc(OC(F)F)cc3)nc2c1. The van der Waals surface area contributed by atoms with Crippen molar-refractivity contribution in [3.05, 3.63) is 48.3 Å². The van der Waals surface area contributed by atoms with Gasteiger partial charge in [-0.05, 0) is 36.4 Å². The van der Waals surface area contributed by atoms with Gasteiger partial charge in [-0.25, -0.2) is 9.37 Å². The van der Waals surface area contributed by atoms with Crippen molar-refractivity contribution in [1.82, 2.24) is 4.98 Å². The van der Waals surface area contributed by atoms with Crippen molar-refractivity contribution >= 4 is 32.4 Å². The molecule has 0 radical (unpaired) electrons. The van der Waals surface area contributed by atoms with E-state index in [9.17, 15) is 13.2 Å². The fourth-order valence-corrected chi connectivity index (χ4v) is 2.66. The molecule has 3 aromatic rings. The second-order valence-corrected chi connectivity index (χ2v) is 5.19. The Morgan fingerprint density at radius 3 is 2.57 bits per heavy atom. The molecule has 0 bridgehead atoms.